The summed E-state index contributed by atoms with van der Waals surface area (Å²) in [5, 5.41) is 6.96. The summed E-state index contributed by atoms with van der Waals surface area (Å²) < 4.78 is 10.6. The van der Waals surface area contributed by atoms with Gasteiger partial charge in [-0.15, -0.1) is 0 Å². The van der Waals surface area contributed by atoms with Crippen LogP contribution in [0.25, 0.3) is 0 Å². The first kappa shape index (κ1) is 14.7. The van der Waals surface area contributed by atoms with Gasteiger partial charge in [0.1, 0.15) is 17.3 Å². The molecule has 2 aromatic rings. The van der Waals surface area contributed by atoms with E-state index in [9.17, 15) is 0 Å². The Bertz CT molecular complexity index is 677. The topological polar surface area (TPSA) is 68.3 Å². The van der Waals surface area contributed by atoms with Crippen LogP contribution in [0.4, 0.5) is 17.5 Å². The van der Waals surface area contributed by atoms with E-state index in [2.05, 4.69) is 20.6 Å². The molecule has 0 saturated heterocycles. The summed E-state index contributed by atoms with van der Waals surface area (Å²) in [6.07, 6.45) is 4.05. The Hall–Kier alpha value is -2.21. The van der Waals surface area contributed by atoms with Gasteiger partial charge < -0.3 is 20.1 Å². The minimum atomic E-state index is 0.490. The maximum absolute atomic E-state index is 6.10. The van der Waals surface area contributed by atoms with Gasteiger partial charge in [-0.05, 0) is 18.9 Å². The van der Waals surface area contributed by atoms with Gasteiger partial charge in [0.2, 0.25) is 5.95 Å². The Kier molecular flexibility index (Phi) is 4.20. The highest BCUT2D eigenvalue weighted by Crippen LogP contribution is 2.37. The smallest absolute Gasteiger partial charge is 0.224 e. The number of hydrogen-bond acceptors (Lipinski definition) is 6. The lowest BCUT2D eigenvalue weighted by molar-refractivity contribution is 0.405. The first-order valence-corrected chi connectivity index (χ1v) is 7.35. The molecule has 2 N–H and O–H groups in total. The van der Waals surface area contributed by atoms with Crippen LogP contribution in [0.1, 0.15) is 12.8 Å². The second-order valence-electron chi connectivity index (χ2n) is 5.00. The summed E-state index contributed by atoms with van der Waals surface area (Å²) in [5.41, 5.74) is 0.722. The van der Waals surface area contributed by atoms with E-state index in [0.29, 0.717) is 34.3 Å². The van der Waals surface area contributed by atoms with Crippen LogP contribution in [-0.4, -0.2) is 30.2 Å². The molecule has 0 radical (unpaired) electrons. The van der Waals surface area contributed by atoms with E-state index in [1.807, 2.05) is 0 Å². The van der Waals surface area contributed by atoms with Crippen molar-refractivity contribution in [1.82, 2.24) is 9.97 Å². The van der Waals surface area contributed by atoms with Crippen molar-refractivity contribution in [3.8, 4) is 11.5 Å². The van der Waals surface area contributed by atoms with Gasteiger partial charge in [-0.3, -0.25) is 0 Å². The normalized spacial score (nSPS) is 13.6. The molecule has 0 unspecified atom stereocenters. The molecular weight excluding hydrogens is 304 g/mol. The van der Waals surface area contributed by atoms with Crippen molar-refractivity contribution in [3.05, 3.63) is 29.4 Å². The van der Waals surface area contributed by atoms with Crippen LogP contribution < -0.4 is 20.1 Å². The van der Waals surface area contributed by atoms with Crippen LogP contribution in [0.5, 0.6) is 11.5 Å². The first-order chi connectivity index (χ1) is 10.7. The van der Waals surface area contributed by atoms with E-state index in [1.165, 1.54) is 12.8 Å². The minimum absolute atomic E-state index is 0.490. The Morgan fingerprint density at radius 2 is 1.95 bits per heavy atom. The number of aromatic nitrogens is 2. The van der Waals surface area contributed by atoms with Gasteiger partial charge >= 0.3 is 0 Å². The van der Waals surface area contributed by atoms with E-state index in [0.717, 1.165) is 5.69 Å². The third kappa shape index (κ3) is 3.33. The molecule has 1 fully saturated rings. The van der Waals surface area contributed by atoms with Crippen molar-refractivity contribution in [2.24, 2.45) is 0 Å². The molecule has 0 atom stereocenters. The Morgan fingerprint density at radius 1 is 1.18 bits per heavy atom. The van der Waals surface area contributed by atoms with Gasteiger partial charge in [0.25, 0.3) is 0 Å². The first-order valence-electron chi connectivity index (χ1n) is 6.97. The molecule has 6 nitrogen and oxygen atoms in total. The van der Waals surface area contributed by atoms with Crippen molar-refractivity contribution in [3.63, 3.8) is 0 Å². The Morgan fingerprint density at radius 3 is 2.64 bits per heavy atom. The van der Waals surface area contributed by atoms with Crippen LogP contribution in [-0.2, 0) is 0 Å². The zero-order valence-electron chi connectivity index (χ0n) is 12.4. The van der Waals surface area contributed by atoms with E-state index in [-0.39, 0.29) is 0 Å². The maximum Gasteiger partial charge on any atom is 0.224 e. The molecular formula is C15H17ClN4O2. The number of methoxy groups -OCH3 is 2. The number of halogens is 1. The average molecular weight is 321 g/mol. The fourth-order valence-electron chi connectivity index (χ4n) is 2.00. The molecule has 22 heavy (non-hydrogen) atoms. The van der Waals surface area contributed by atoms with Crippen LogP contribution in [0.3, 0.4) is 0 Å². The van der Waals surface area contributed by atoms with Gasteiger partial charge in [0.05, 0.1) is 24.9 Å². The zero-order valence-corrected chi connectivity index (χ0v) is 13.1. The van der Waals surface area contributed by atoms with Crippen LogP contribution in [0, 0.1) is 0 Å². The fraction of sp³-hybridized carbons (Fsp3) is 0.333. The molecule has 1 aromatic heterocycles. The highest BCUT2D eigenvalue weighted by molar-refractivity contribution is 6.32. The van der Waals surface area contributed by atoms with Crippen LogP contribution in [0.2, 0.25) is 5.02 Å². The molecule has 116 valence electrons. The molecule has 0 amide bonds. The second kappa shape index (κ2) is 6.27. The molecule has 7 heteroatoms. The standard InChI is InChI=1S/C15H17ClN4O2/c1-21-12-8-11(13(22-2)7-10(12)16)19-14-5-6-17-15(20-14)18-9-3-4-9/h5-9H,3-4H2,1-2H3,(H2,17,18,19,20). The summed E-state index contributed by atoms with van der Waals surface area (Å²) in [5.74, 6) is 2.46. The number of nitrogens with zero attached hydrogens (tertiary/aromatic N) is 2. The lowest BCUT2D eigenvalue weighted by Crippen LogP contribution is -2.06. The van der Waals surface area contributed by atoms with Crippen molar-refractivity contribution in [2.45, 2.75) is 18.9 Å². The lowest BCUT2D eigenvalue weighted by Gasteiger charge is -2.14. The summed E-state index contributed by atoms with van der Waals surface area (Å²) in [6, 6.07) is 5.77. The van der Waals surface area contributed by atoms with E-state index in [4.69, 9.17) is 21.1 Å². The molecule has 1 saturated carbocycles. The van der Waals surface area contributed by atoms with E-state index in [1.54, 1.807) is 38.6 Å². The predicted molar refractivity (Wildman–Crippen MR) is 86.5 cm³/mol. The molecule has 1 aromatic carbocycles. The minimum Gasteiger partial charge on any atom is -0.495 e. The van der Waals surface area contributed by atoms with Crippen molar-refractivity contribution in [2.75, 3.05) is 24.9 Å². The summed E-state index contributed by atoms with van der Waals surface area (Å²) >= 11 is 6.10. The highest BCUT2D eigenvalue weighted by Gasteiger charge is 2.22. The van der Waals surface area contributed by atoms with Gasteiger partial charge in [-0.25, -0.2) is 4.98 Å². The Balaban J connectivity index is 1.85. The molecule has 1 heterocycles. The van der Waals surface area contributed by atoms with E-state index >= 15 is 0 Å². The monoisotopic (exact) mass is 320 g/mol. The highest BCUT2D eigenvalue weighted by atomic mass is 35.5. The molecule has 3 rings (SSSR count). The molecule has 0 aliphatic heterocycles. The summed E-state index contributed by atoms with van der Waals surface area (Å²) in [7, 11) is 3.16. The predicted octanol–water partition coefficient (Wildman–Crippen LogP) is 3.47. The SMILES string of the molecule is COc1cc(Nc2ccnc(NC3CC3)n2)c(OC)cc1Cl. The molecule has 1 aliphatic carbocycles. The summed E-state index contributed by atoms with van der Waals surface area (Å²) in [4.78, 5) is 8.65. The van der Waals surface area contributed by atoms with Gasteiger partial charge in [0.15, 0.2) is 0 Å². The maximum atomic E-state index is 6.10. The lowest BCUT2D eigenvalue weighted by atomic mass is 10.2. The number of benzene rings is 1. The Labute approximate surface area is 133 Å². The van der Waals surface area contributed by atoms with Crippen LogP contribution in [0.15, 0.2) is 24.4 Å². The largest absolute Gasteiger partial charge is 0.495 e. The number of hydrogen-bond donors (Lipinski definition) is 2. The average Bonchev–Trinajstić information content (AvgIpc) is 3.33. The van der Waals surface area contributed by atoms with Crippen molar-refractivity contribution < 1.29 is 9.47 Å². The third-order valence-corrected chi connectivity index (χ3v) is 3.60. The van der Waals surface area contributed by atoms with Crippen LogP contribution >= 0.6 is 11.6 Å². The third-order valence-electron chi connectivity index (χ3n) is 3.30. The van der Waals surface area contributed by atoms with Gasteiger partial charge in [-0.2, -0.15) is 4.98 Å². The zero-order chi connectivity index (χ0) is 15.5. The molecule has 1 aliphatic rings. The van der Waals surface area contributed by atoms with Gasteiger partial charge in [-0.1, -0.05) is 11.6 Å². The molecule has 0 spiro atoms. The number of nitrogens with one attached hydrogen (secondary N) is 2. The number of ether oxygens (including phenoxy) is 2. The summed E-state index contributed by atoms with van der Waals surface area (Å²) in [6.45, 7) is 0. The van der Waals surface area contributed by atoms with Crippen molar-refractivity contribution >= 4 is 29.1 Å². The quantitative estimate of drug-likeness (QED) is 0.849. The van der Waals surface area contributed by atoms with E-state index < -0.39 is 0 Å². The fourth-order valence-corrected chi connectivity index (χ4v) is 2.24. The number of rotatable bonds is 6. The second-order valence-corrected chi connectivity index (χ2v) is 5.40. The van der Waals surface area contributed by atoms with Crippen molar-refractivity contribution in [1.29, 1.82) is 0 Å². The molecule has 0 bridgehead atoms. The number of anilines is 3. The van der Waals surface area contributed by atoms with Gasteiger partial charge in [0, 0.05) is 24.4 Å².